The highest BCUT2D eigenvalue weighted by Crippen LogP contribution is 2.43. The van der Waals surface area contributed by atoms with Gasteiger partial charge in [-0.2, -0.15) is 5.26 Å². The van der Waals surface area contributed by atoms with Crippen LogP contribution in [-0.2, 0) is 0 Å². The van der Waals surface area contributed by atoms with Crippen LogP contribution in [0, 0.1) is 18.3 Å². The molecule has 28 heavy (non-hydrogen) atoms. The minimum atomic E-state index is -0.438. The molecule has 1 atom stereocenters. The second-order valence-corrected chi connectivity index (χ2v) is 7.03. The first-order valence-corrected chi connectivity index (χ1v) is 8.90. The third kappa shape index (κ3) is 2.97. The van der Waals surface area contributed by atoms with Crippen molar-refractivity contribution in [3.05, 3.63) is 76.8 Å². The van der Waals surface area contributed by atoms with Crippen LogP contribution in [0.2, 0.25) is 0 Å². The van der Waals surface area contributed by atoms with Crippen LogP contribution in [0.5, 0.6) is 5.75 Å². The number of nitriles is 1. The van der Waals surface area contributed by atoms with Crippen molar-refractivity contribution in [2.24, 2.45) is 5.73 Å². The van der Waals surface area contributed by atoms with Crippen LogP contribution in [0.15, 0.2) is 64.5 Å². The number of allylic oxidation sites excluding steroid dienone is 1. The summed E-state index contributed by atoms with van der Waals surface area (Å²) in [5.41, 5.74) is 10.9. The number of hydrogen-bond donors (Lipinski definition) is 1. The van der Waals surface area contributed by atoms with E-state index in [0.717, 1.165) is 22.4 Å². The van der Waals surface area contributed by atoms with Gasteiger partial charge < -0.3 is 19.9 Å². The van der Waals surface area contributed by atoms with Gasteiger partial charge in [0.15, 0.2) is 5.76 Å². The Kier molecular flexibility index (Phi) is 4.28. The fourth-order valence-corrected chi connectivity index (χ4v) is 3.39. The molecule has 0 saturated carbocycles. The van der Waals surface area contributed by atoms with E-state index in [1.165, 1.54) is 0 Å². The van der Waals surface area contributed by atoms with Crippen LogP contribution in [0.1, 0.15) is 22.7 Å². The molecule has 1 aromatic heterocycles. The molecule has 1 unspecified atom stereocenters. The number of ether oxygens (including phenoxy) is 1. The molecule has 0 saturated heterocycles. The van der Waals surface area contributed by atoms with Crippen molar-refractivity contribution in [2.45, 2.75) is 12.8 Å². The van der Waals surface area contributed by atoms with Crippen LogP contribution in [0.4, 0.5) is 5.69 Å². The molecule has 0 amide bonds. The minimum Gasteiger partial charge on any atom is -0.440 e. The second-order valence-electron chi connectivity index (χ2n) is 7.03. The first-order chi connectivity index (χ1) is 13.5. The lowest BCUT2D eigenvalue weighted by Gasteiger charge is -2.26. The van der Waals surface area contributed by atoms with E-state index in [2.05, 4.69) is 11.2 Å². The zero-order chi connectivity index (χ0) is 19.8. The van der Waals surface area contributed by atoms with Crippen molar-refractivity contribution in [3.8, 4) is 23.1 Å². The Morgan fingerprint density at radius 1 is 1.14 bits per heavy atom. The van der Waals surface area contributed by atoms with E-state index in [9.17, 15) is 5.26 Å². The lowest BCUT2D eigenvalue weighted by atomic mass is 9.86. The van der Waals surface area contributed by atoms with Gasteiger partial charge in [-0.25, -0.2) is 0 Å². The van der Waals surface area contributed by atoms with Crippen molar-refractivity contribution in [1.29, 1.82) is 5.26 Å². The van der Waals surface area contributed by atoms with E-state index in [0.29, 0.717) is 22.8 Å². The number of nitrogens with two attached hydrogens (primary N) is 1. The normalized spacial score (nSPS) is 15.6. The molecule has 140 valence electrons. The van der Waals surface area contributed by atoms with E-state index < -0.39 is 5.92 Å². The van der Waals surface area contributed by atoms with Gasteiger partial charge in [0.25, 0.3) is 0 Å². The molecule has 0 fully saturated rings. The maximum Gasteiger partial charge on any atom is 0.205 e. The molecule has 0 radical (unpaired) electrons. The summed E-state index contributed by atoms with van der Waals surface area (Å²) in [5.74, 6) is 0.920. The molecular formula is C22H20N4O2. The highest BCUT2D eigenvalue weighted by molar-refractivity contribution is 5.63. The maximum atomic E-state index is 9.69. The average molecular weight is 372 g/mol. The van der Waals surface area contributed by atoms with E-state index in [1.54, 1.807) is 0 Å². The molecule has 2 aromatic carbocycles. The van der Waals surface area contributed by atoms with E-state index in [1.807, 2.05) is 74.4 Å². The summed E-state index contributed by atoms with van der Waals surface area (Å²) in [4.78, 5) is 1.98. The summed E-state index contributed by atoms with van der Waals surface area (Å²) in [7, 11) is 3.90. The number of rotatable bonds is 3. The molecule has 0 bridgehead atoms. The number of nitrogens with zero attached hydrogens (tertiary/aromatic N) is 3. The molecule has 1 aliphatic rings. The fraction of sp³-hybridized carbons (Fsp3) is 0.182. The third-order valence-corrected chi connectivity index (χ3v) is 4.85. The minimum absolute atomic E-state index is 0.0935. The standard InChI is InChI=1S/C22H20N4O2/c1-13-5-4-6-14(9-13)19-11-18(25-28-19)21-16-8-7-15(26(2)3)10-20(16)27-22(24)17(21)12-23/h4-11,21H,24H2,1-3H3. The first kappa shape index (κ1) is 17.7. The van der Waals surface area contributed by atoms with Gasteiger partial charge in [0, 0.05) is 43.0 Å². The van der Waals surface area contributed by atoms with Crippen molar-refractivity contribution >= 4 is 5.69 Å². The lowest BCUT2D eigenvalue weighted by Crippen LogP contribution is -2.21. The van der Waals surface area contributed by atoms with E-state index in [4.69, 9.17) is 15.0 Å². The summed E-state index contributed by atoms with van der Waals surface area (Å²) in [6.07, 6.45) is 0. The molecule has 2 N–H and O–H groups in total. The molecule has 2 heterocycles. The Morgan fingerprint density at radius 3 is 2.68 bits per heavy atom. The smallest absolute Gasteiger partial charge is 0.205 e. The Bertz CT molecular complexity index is 1120. The van der Waals surface area contributed by atoms with Gasteiger partial charge in [0.05, 0.1) is 11.6 Å². The average Bonchev–Trinajstić information content (AvgIpc) is 3.16. The summed E-state index contributed by atoms with van der Waals surface area (Å²) < 4.78 is 11.3. The molecular weight excluding hydrogens is 352 g/mol. The Hall–Kier alpha value is -3.72. The molecule has 0 spiro atoms. The topological polar surface area (TPSA) is 88.3 Å². The quantitative estimate of drug-likeness (QED) is 0.749. The highest BCUT2D eigenvalue weighted by atomic mass is 16.5. The number of fused-ring (bicyclic) bond motifs is 1. The summed E-state index contributed by atoms with van der Waals surface area (Å²) in [6, 6.07) is 17.9. The predicted molar refractivity (Wildman–Crippen MR) is 107 cm³/mol. The van der Waals surface area contributed by atoms with Gasteiger partial charge in [-0.05, 0) is 19.1 Å². The van der Waals surface area contributed by atoms with Gasteiger partial charge in [0.2, 0.25) is 5.88 Å². The van der Waals surface area contributed by atoms with Gasteiger partial charge >= 0.3 is 0 Å². The van der Waals surface area contributed by atoms with Gasteiger partial charge in [-0.3, -0.25) is 0 Å². The maximum absolute atomic E-state index is 9.69. The molecule has 6 heteroatoms. The van der Waals surface area contributed by atoms with Crippen molar-refractivity contribution in [1.82, 2.24) is 5.16 Å². The Balaban J connectivity index is 1.82. The molecule has 4 rings (SSSR count). The van der Waals surface area contributed by atoms with Gasteiger partial charge in [0.1, 0.15) is 17.4 Å². The van der Waals surface area contributed by atoms with Gasteiger partial charge in [-0.1, -0.05) is 35.0 Å². The zero-order valence-corrected chi connectivity index (χ0v) is 15.9. The van der Waals surface area contributed by atoms with E-state index in [-0.39, 0.29) is 5.88 Å². The van der Waals surface area contributed by atoms with Crippen molar-refractivity contribution < 1.29 is 9.26 Å². The Labute approximate surface area is 163 Å². The predicted octanol–water partition coefficient (Wildman–Crippen LogP) is 3.93. The number of aromatic nitrogens is 1. The monoisotopic (exact) mass is 372 g/mol. The summed E-state index contributed by atoms with van der Waals surface area (Å²) in [6.45, 7) is 2.02. The second kappa shape index (κ2) is 6.78. The number of anilines is 1. The van der Waals surface area contributed by atoms with Crippen LogP contribution in [0.25, 0.3) is 11.3 Å². The lowest BCUT2D eigenvalue weighted by molar-refractivity contribution is 0.386. The first-order valence-electron chi connectivity index (χ1n) is 8.90. The Morgan fingerprint density at radius 2 is 1.96 bits per heavy atom. The molecule has 6 nitrogen and oxygen atoms in total. The van der Waals surface area contributed by atoms with Gasteiger partial charge in [-0.15, -0.1) is 0 Å². The molecule has 0 aliphatic carbocycles. The SMILES string of the molecule is Cc1cccc(-c2cc(C3C(C#N)=C(N)Oc4cc(N(C)C)ccc43)no2)c1. The van der Waals surface area contributed by atoms with Crippen LogP contribution >= 0.6 is 0 Å². The van der Waals surface area contributed by atoms with Crippen molar-refractivity contribution in [2.75, 3.05) is 19.0 Å². The summed E-state index contributed by atoms with van der Waals surface area (Å²) in [5, 5.41) is 13.9. The van der Waals surface area contributed by atoms with Crippen LogP contribution < -0.4 is 15.4 Å². The van der Waals surface area contributed by atoms with Crippen LogP contribution in [0.3, 0.4) is 0 Å². The number of benzene rings is 2. The summed E-state index contributed by atoms with van der Waals surface area (Å²) >= 11 is 0. The fourth-order valence-electron chi connectivity index (χ4n) is 3.39. The molecule has 1 aliphatic heterocycles. The highest BCUT2D eigenvalue weighted by Gasteiger charge is 2.33. The van der Waals surface area contributed by atoms with Crippen molar-refractivity contribution in [3.63, 3.8) is 0 Å². The number of hydrogen-bond acceptors (Lipinski definition) is 6. The number of aryl methyl sites for hydroxylation is 1. The third-order valence-electron chi connectivity index (χ3n) is 4.85. The molecule has 3 aromatic rings. The van der Waals surface area contributed by atoms with E-state index >= 15 is 0 Å². The van der Waals surface area contributed by atoms with Crippen LogP contribution in [-0.4, -0.2) is 19.3 Å². The largest absolute Gasteiger partial charge is 0.440 e. The zero-order valence-electron chi connectivity index (χ0n) is 15.9.